The second-order valence-corrected chi connectivity index (χ2v) is 5.09. The van der Waals surface area contributed by atoms with Gasteiger partial charge in [0.15, 0.2) is 0 Å². The van der Waals surface area contributed by atoms with E-state index in [0.29, 0.717) is 16.6 Å². The van der Waals surface area contributed by atoms with Crippen molar-refractivity contribution < 1.29 is 4.79 Å². The molecule has 1 saturated carbocycles. The van der Waals surface area contributed by atoms with E-state index >= 15 is 0 Å². The molecule has 0 unspecified atom stereocenters. The first-order valence-electron chi connectivity index (χ1n) is 4.82. The summed E-state index contributed by atoms with van der Waals surface area (Å²) in [5.41, 5.74) is 0.570. The van der Waals surface area contributed by atoms with Crippen LogP contribution in [0, 0.1) is 0 Å². The highest BCUT2D eigenvalue weighted by Crippen LogP contribution is 2.29. The number of nitrogens with zero attached hydrogens (tertiary/aromatic N) is 1. The number of amides is 1. The molecular formula is C11H11BrClNO. The number of hydrogen-bond donors (Lipinski definition) is 0. The van der Waals surface area contributed by atoms with Crippen LogP contribution < -0.4 is 0 Å². The maximum absolute atomic E-state index is 12.0. The lowest BCUT2D eigenvalue weighted by Crippen LogP contribution is -2.28. The molecule has 0 atom stereocenters. The van der Waals surface area contributed by atoms with Crippen molar-refractivity contribution in [2.75, 3.05) is 7.05 Å². The Kier molecular flexibility index (Phi) is 3.03. The Morgan fingerprint density at radius 3 is 2.80 bits per heavy atom. The van der Waals surface area contributed by atoms with E-state index in [9.17, 15) is 4.79 Å². The largest absolute Gasteiger partial charge is 0.339 e. The van der Waals surface area contributed by atoms with E-state index in [0.717, 1.165) is 17.3 Å². The zero-order valence-electron chi connectivity index (χ0n) is 8.34. The van der Waals surface area contributed by atoms with Gasteiger partial charge < -0.3 is 4.90 Å². The zero-order chi connectivity index (χ0) is 11.0. The van der Waals surface area contributed by atoms with Crippen molar-refractivity contribution in [1.29, 1.82) is 0 Å². The standard InChI is InChI=1S/C11H11BrClNO/c1-14(8-3-4-8)11(15)9-6-7(12)2-5-10(9)13/h2,5-6,8H,3-4H2,1H3. The van der Waals surface area contributed by atoms with Crippen molar-refractivity contribution in [3.63, 3.8) is 0 Å². The Morgan fingerprint density at radius 2 is 2.20 bits per heavy atom. The quantitative estimate of drug-likeness (QED) is 0.817. The van der Waals surface area contributed by atoms with E-state index in [-0.39, 0.29) is 5.91 Å². The molecule has 0 N–H and O–H groups in total. The van der Waals surface area contributed by atoms with Crippen molar-refractivity contribution in [1.82, 2.24) is 4.90 Å². The van der Waals surface area contributed by atoms with Crippen LogP contribution >= 0.6 is 27.5 Å². The van der Waals surface area contributed by atoms with E-state index in [1.807, 2.05) is 13.1 Å². The first-order chi connectivity index (χ1) is 7.09. The van der Waals surface area contributed by atoms with Gasteiger partial charge in [0.1, 0.15) is 0 Å². The van der Waals surface area contributed by atoms with Crippen LogP contribution in [-0.4, -0.2) is 23.9 Å². The van der Waals surface area contributed by atoms with Gasteiger partial charge in [-0.1, -0.05) is 27.5 Å². The molecule has 1 aromatic carbocycles. The maximum atomic E-state index is 12.0. The van der Waals surface area contributed by atoms with Gasteiger partial charge in [-0.25, -0.2) is 0 Å². The van der Waals surface area contributed by atoms with Crippen molar-refractivity contribution in [2.45, 2.75) is 18.9 Å². The van der Waals surface area contributed by atoms with Gasteiger partial charge in [-0.2, -0.15) is 0 Å². The summed E-state index contributed by atoms with van der Waals surface area (Å²) in [7, 11) is 1.83. The molecule has 0 saturated heterocycles. The predicted molar refractivity (Wildman–Crippen MR) is 64.3 cm³/mol. The minimum absolute atomic E-state index is 0.00352. The molecule has 0 heterocycles. The summed E-state index contributed by atoms with van der Waals surface area (Å²) in [6, 6.07) is 5.74. The minimum Gasteiger partial charge on any atom is -0.339 e. The molecule has 4 heteroatoms. The van der Waals surface area contributed by atoms with E-state index < -0.39 is 0 Å². The third-order valence-corrected chi connectivity index (χ3v) is 3.40. The second kappa shape index (κ2) is 4.14. The van der Waals surface area contributed by atoms with Gasteiger partial charge in [0.05, 0.1) is 10.6 Å². The van der Waals surface area contributed by atoms with Crippen LogP contribution in [0.3, 0.4) is 0 Å². The Hall–Kier alpha value is -0.540. The molecule has 2 rings (SSSR count). The highest BCUT2D eigenvalue weighted by atomic mass is 79.9. The highest BCUT2D eigenvalue weighted by Gasteiger charge is 2.30. The number of benzene rings is 1. The van der Waals surface area contributed by atoms with Gasteiger partial charge in [-0.3, -0.25) is 4.79 Å². The topological polar surface area (TPSA) is 20.3 Å². The second-order valence-electron chi connectivity index (χ2n) is 3.77. The van der Waals surface area contributed by atoms with Crippen molar-refractivity contribution in [3.05, 3.63) is 33.3 Å². The third kappa shape index (κ3) is 2.34. The van der Waals surface area contributed by atoms with Crippen LogP contribution in [0.4, 0.5) is 0 Å². The third-order valence-electron chi connectivity index (χ3n) is 2.57. The number of carbonyl (C=O) groups excluding carboxylic acids is 1. The van der Waals surface area contributed by atoms with E-state index in [2.05, 4.69) is 15.9 Å². The maximum Gasteiger partial charge on any atom is 0.255 e. The lowest BCUT2D eigenvalue weighted by atomic mass is 10.2. The summed E-state index contributed by atoms with van der Waals surface area (Å²) in [6.45, 7) is 0. The average molecular weight is 289 g/mol. The fourth-order valence-corrected chi connectivity index (χ4v) is 2.04. The van der Waals surface area contributed by atoms with Crippen LogP contribution in [0.2, 0.25) is 5.02 Å². The first kappa shape index (κ1) is 11.0. The summed E-state index contributed by atoms with van der Waals surface area (Å²) < 4.78 is 0.874. The first-order valence-corrected chi connectivity index (χ1v) is 5.99. The van der Waals surface area contributed by atoms with Gasteiger partial charge in [0.2, 0.25) is 0 Å². The minimum atomic E-state index is 0.00352. The molecule has 1 fully saturated rings. The monoisotopic (exact) mass is 287 g/mol. The summed E-state index contributed by atoms with van der Waals surface area (Å²) >= 11 is 9.33. The molecule has 1 aliphatic carbocycles. The van der Waals surface area contributed by atoms with Gasteiger partial charge in [0.25, 0.3) is 5.91 Å². The van der Waals surface area contributed by atoms with Crippen LogP contribution in [0.25, 0.3) is 0 Å². The van der Waals surface area contributed by atoms with Crippen molar-refractivity contribution in [2.24, 2.45) is 0 Å². The Morgan fingerprint density at radius 1 is 1.53 bits per heavy atom. The molecule has 0 spiro atoms. The van der Waals surface area contributed by atoms with Crippen LogP contribution in [-0.2, 0) is 0 Å². The molecule has 0 radical (unpaired) electrons. The smallest absolute Gasteiger partial charge is 0.255 e. The number of carbonyl (C=O) groups is 1. The normalized spacial score (nSPS) is 15.1. The molecule has 1 aromatic rings. The van der Waals surface area contributed by atoms with E-state index in [1.54, 1.807) is 17.0 Å². The fraction of sp³-hybridized carbons (Fsp3) is 0.364. The highest BCUT2D eigenvalue weighted by molar-refractivity contribution is 9.10. The molecular weight excluding hydrogens is 277 g/mol. The predicted octanol–water partition coefficient (Wildman–Crippen LogP) is 3.34. The van der Waals surface area contributed by atoms with Gasteiger partial charge in [-0.05, 0) is 31.0 Å². The van der Waals surface area contributed by atoms with Crippen LogP contribution in [0.15, 0.2) is 22.7 Å². The van der Waals surface area contributed by atoms with E-state index in [4.69, 9.17) is 11.6 Å². The summed E-state index contributed by atoms with van der Waals surface area (Å²) in [6.07, 6.45) is 2.21. The number of rotatable bonds is 2. The molecule has 80 valence electrons. The Labute approximate surface area is 102 Å². The van der Waals surface area contributed by atoms with Gasteiger partial charge in [0, 0.05) is 17.6 Å². The summed E-state index contributed by atoms with van der Waals surface area (Å²) in [4.78, 5) is 13.8. The summed E-state index contributed by atoms with van der Waals surface area (Å²) in [5.74, 6) is 0.00352. The number of halogens is 2. The average Bonchev–Trinajstić information content (AvgIpc) is 3.03. The lowest BCUT2D eigenvalue weighted by Gasteiger charge is -2.17. The fourth-order valence-electron chi connectivity index (χ4n) is 1.48. The SMILES string of the molecule is CN(C(=O)c1cc(Br)ccc1Cl)C1CC1. The van der Waals surface area contributed by atoms with Gasteiger partial charge in [-0.15, -0.1) is 0 Å². The molecule has 0 aliphatic heterocycles. The van der Waals surface area contributed by atoms with Crippen molar-refractivity contribution in [3.8, 4) is 0 Å². The zero-order valence-corrected chi connectivity index (χ0v) is 10.7. The molecule has 1 aliphatic rings. The molecule has 15 heavy (non-hydrogen) atoms. The van der Waals surface area contributed by atoms with E-state index in [1.165, 1.54) is 0 Å². The number of hydrogen-bond acceptors (Lipinski definition) is 1. The molecule has 1 amide bonds. The molecule has 2 nitrogen and oxygen atoms in total. The Bertz CT molecular complexity index is 404. The molecule has 0 bridgehead atoms. The van der Waals surface area contributed by atoms with Crippen LogP contribution in [0.1, 0.15) is 23.2 Å². The lowest BCUT2D eigenvalue weighted by molar-refractivity contribution is 0.0785. The Balaban J connectivity index is 2.27. The van der Waals surface area contributed by atoms with Crippen LogP contribution in [0.5, 0.6) is 0 Å². The summed E-state index contributed by atoms with van der Waals surface area (Å²) in [5, 5.41) is 0.510. The van der Waals surface area contributed by atoms with Crippen molar-refractivity contribution >= 4 is 33.4 Å². The van der Waals surface area contributed by atoms with Gasteiger partial charge >= 0.3 is 0 Å². The molecule has 0 aromatic heterocycles.